The largest absolute Gasteiger partial charge is 0.480 e. The van der Waals surface area contributed by atoms with E-state index < -0.39 is 12.0 Å². The van der Waals surface area contributed by atoms with Gasteiger partial charge in [-0.05, 0) is 19.1 Å². The third-order valence-electron chi connectivity index (χ3n) is 3.88. The van der Waals surface area contributed by atoms with Crippen LogP contribution in [0.3, 0.4) is 0 Å². The molecule has 0 radical (unpaired) electrons. The van der Waals surface area contributed by atoms with Crippen LogP contribution in [0.5, 0.6) is 0 Å². The highest BCUT2D eigenvalue weighted by Crippen LogP contribution is 2.22. The Morgan fingerprint density at radius 1 is 1.38 bits per heavy atom. The highest BCUT2D eigenvalue weighted by molar-refractivity contribution is 5.80. The Morgan fingerprint density at radius 3 is 2.81 bits per heavy atom. The lowest BCUT2D eigenvalue weighted by atomic mass is 10.2. The average Bonchev–Trinajstić information content (AvgIpc) is 2.85. The van der Waals surface area contributed by atoms with Crippen LogP contribution < -0.4 is 0 Å². The van der Waals surface area contributed by atoms with Gasteiger partial charge in [0.25, 0.3) is 0 Å². The fourth-order valence-electron chi connectivity index (χ4n) is 2.71. The molecule has 1 aliphatic rings. The predicted molar refractivity (Wildman–Crippen MR) is 78.2 cm³/mol. The number of para-hydroxylation sites is 2. The number of aromatic nitrogens is 2. The van der Waals surface area contributed by atoms with Gasteiger partial charge in [-0.3, -0.25) is 4.90 Å². The first-order valence-corrected chi connectivity index (χ1v) is 7.15. The number of imidazole rings is 1. The Kier molecular flexibility index (Phi) is 3.90. The van der Waals surface area contributed by atoms with Gasteiger partial charge in [-0.2, -0.15) is 0 Å². The standard InChI is InChI=1S/C15H19N3O3/c1-11(15(19)20)18-13-5-3-2-4-12(13)16-14(18)10-17-6-8-21-9-7-17/h2-5,11H,6-10H2,1H3,(H,19,20). The van der Waals surface area contributed by atoms with Crippen molar-refractivity contribution in [1.29, 1.82) is 0 Å². The maximum absolute atomic E-state index is 11.4. The van der Waals surface area contributed by atoms with Gasteiger partial charge in [-0.25, -0.2) is 9.78 Å². The van der Waals surface area contributed by atoms with E-state index in [0.717, 1.165) is 29.9 Å². The molecule has 0 aliphatic carbocycles. The first-order valence-electron chi connectivity index (χ1n) is 7.15. The molecule has 21 heavy (non-hydrogen) atoms. The Morgan fingerprint density at radius 2 is 2.10 bits per heavy atom. The fourth-order valence-corrected chi connectivity index (χ4v) is 2.71. The molecule has 1 N–H and O–H groups in total. The zero-order valence-corrected chi connectivity index (χ0v) is 12.0. The van der Waals surface area contributed by atoms with Crippen molar-refractivity contribution in [2.24, 2.45) is 0 Å². The van der Waals surface area contributed by atoms with Crippen LogP contribution >= 0.6 is 0 Å². The van der Waals surface area contributed by atoms with E-state index in [2.05, 4.69) is 9.88 Å². The molecular weight excluding hydrogens is 270 g/mol. The van der Waals surface area contributed by atoms with Gasteiger partial charge in [0.15, 0.2) is 0 Å². The number of carboxylic acids is 1. The molecule has 1 unspecified atom stereocenters. The van der Waals surface area contributed by atoms with Crippen molar-refractivity contribution in [1.82, 2.24) is 14.5 Å². The van der Waals surface area contributed by atoms with Gasteiger partial charge < -0.3 is 14.4 Å². The lowest BCUT2D eigenvalue weighted by Gasteiger charge is -2.26. The molecule has 112 valence electrons. The molecule has 0 saturated carbocycles. The molecule has 2 aromatic rings. The predicted octanol–water partition coefficient (Wildman–Crippen LogP) is 1.51. The third kappa shape index (κ3) is 2.77. The van der Waals surface area contributed by atoms with Crippen molar-refractivity contribution in [2.75, 3.05) is 26.3 Å². The Balaban J connectivity index is 1.99. The molecule has 6 nitrogen and oxygen atoms in total. The summed E-state index contributed by atoms with van der Waals surface area (Å²) < 4.78 is 7.18. The fraction of sp³-hybridized carbons (Fsp3) is 0.467. The number of fused-ring (bicyclic) bond motifs is 1. The second-order valence-corrected chi connectivity index (χ2v) is 5.29. The average molecular weight is 289 g/mol. The Bertz CT molecular complexity index is 647. The molecule has 1 aromatic heterocycles. The van der Waals surface area contributed by atoms with E-state index in [-0.39, 0.29) is 0 Å². The summed E-state index contributed by atoms with van der Waals surface area (Å²) in [6.45, 7) is 5.48. The van der Waals surface area contributed by atoms with Gasteiger partial charge in [-0.15, -0.1) is 0 Å². The first-order chi connectivity index (χ1) is 10.2. The molecule has 1 aliphatic heterocycles. The SMILES string of the molecule is CC(C(=O)O)n1c(CN2CCOCC2)nc2ccccc21. The van der Waals surface area contributed by atoms with Gasteiger partial charge >= 0.3 is 5.97 Å². The summed E-state index contributed by atoms with van der Waals surface area (Å²) in [6.07, 6.45) is 0. The molecule has 1 fully saturated rings. The van der Waals surface area contributed by atoms with Crippen LogP contribution in [0, 0.1) is 0 Å². The quantitative estimate of drug-likeness (QED) is 0.924. The van der Waals surface area contributed by atoms with E-state index in [9.17, 15) is 9.90 Å². The number of carbonyl (C=O) groups is 1. The maximum Gasteiger partial charge on any atom is 0.326 e. The van der Waals surface area contributed by atoms with Crippen LogP contribution in [0.1, 0.15) is 18.8 Å². The maximum atomic E-state index is 11.4. The van der Waals surface area contributed by atoms with E-state index in [0.29, 0.717) is 19.8 Å². The highest BCUT2D eigenvalue weighted by Gasteiger charge is 2.22. The van der Waals surface area contributed by atoms with E-state index in [4.69, 9.17) is 4.74 Å². The lowest BCUT2D eigenvalue weighted by molar-refractivity contribution is -0.140. The van der Waals surface area contributed by atoms with Gasteiger partial charge in [0.2, 0.25) is 0 Å². The minimum Gasteiger partial charge on any atom is -0.480 e. The topological polar surface area (TPSA) is 67.6 Å². The summed E-state index contributed by atoms with van der Waals surface area (Å²) in [5, 5.41) is 9.36. The van der Waals surface area contributed by atoms with Crippen LogP contribution in [0.15, 0.2) is 24.3 Å². The number of hydrogen-bond donors (Lipinski definition) is 1. The van der Waals surface area contributed by atoms with Crippen molar-refractivity contribution in [2.45, 2.75) is 19.5 Å². The van der Waals surface area contributed by atoms with E-state index >= 15 is 0 Å². The number of hydrogen-bond acceptors (Lipinski definition) is 4. The normalized spacial score (nSPS) is 18.0. The molecule has 1 atom stereocenters. The number of nitrogens with zero attached hydrogens (tertiary/aromatic N) is 3. The Hall–Kier alpha value is -1.92. The van der Waals surface area contributed by atoms with Crippen molar-refractivity contribution in [3.05, 3.63) is 30.1 Å². The first kappa shape index (κ1) is 14.0. The number of ether oxygens (including phenoxy) is 1. The van der Waals surface area contributed by atoms with E-state index in [1.54, 1.807) is 6.92 Å². The Labute approximate surface area is 122 Å². The molecule has 6 heteroatoms. The third-order valence-corrected chi connectivity index (χ3v) is 3.88. The number of morpholine rings is 1. The van der Waals surface area contributed by atoms with Crippen LogP contribution in [-0.4, -0.2) is 51.8 Å². The van der Waals surface area contributed by atoms with Gasteiger partial charge in [0.1, 0.15) is 11.9 Å². The molecule has 0 spiro atoms. The van der Waals surface area contributed by atoms with Crippen molar-refractivity contribution in [3.63, 3.8) is 0 Å². The summed E-state index contributed by atoms with van der Waals surface area (Å²) in [5.74, 6) is -0.0469. The summed E-state index contributed by atoms with van der Waals surface area (Å²) in [4.78, 5) is 18.3. The van der Waals surface area contributed by atoms with Crippen molar-refractivity contribution >= 4 is 17.0 Å². The minimum atomic E-state index is -0.846. The second kappa shape index (κ2) is 5.83. The monoisotopic (exact) mass is 289 g/mol. The van der Waals surface area contributed by atoms with Crippen LogP contribution in [0.2, 0.25) is 0 Å². The van der Waals surface area contributed by atoms with Crippen LogP contribution in [0.25, 0.3) is 11.0 Å². The smallest absolute Gasteiger partial charge is 0.326 e. The lowest BCUT2D eigenvalue weighted by Crippen LogP contribution is -2.36. The summed E-state index contributed by atoms with van der Waals surface area (Å²) in [5.41, 5.74) is 1.71. The van der Waals surface area contributed by atoms with Crippen LogP contribution in [0.4, 0.5) is 0 Å². The van der Waals surface area contributed by atoms with Gasteiger partial charge in [0.05, 0.1) is 30.8 Å². The number of rotatable bonds is 4. The minimum absolute atomic E-state index is 0.631. The summed E-state index contributed by atoms with van der Waals surface area (Å²) >= 11 is 0. The van der Waals surface area contributed by atoms with E-state index in [1.807, 2.05) is 28.8 Å². The van der Waals surface area contributed by atoms with Gasteiger partial charge in [-0.1, -0.05) is 12.1 Å². The number of carboxylic acid groups (broad SMARTS) is 1. The molecule has 1 saturated heterocycles. The second-order valence-electron chi connectivity index (χ2n) is 5.29. The highest BCUT2D eigenvalue weighted by atomic mass is 16.5. The zero-order chi connectivity index (χ0) is 14.8. The summed E-state index contributed by atoms with van der Waals surface area (Å²) in [7, 11) is 0. The molecule has 2 heterocycles. The number of benzene rings is 1. The summed E-state index contributed by atoms with van der Waals surface area (Å²) in [6, 6.07) is 7.04. The molecular formula is C15H19N3O3. The van der Waals surface area contributed by atoms with E-state index in [1.165, 1.54) is 0 Å². The van der Waals surface area contributed by atoms with Gasteiger partial charge in [0, 0.05) is 13.1 Å². The molecule has 0 bridgehead atoms. The zero-order valence-electron chi connectivity index (χ0n) is 12.0. The molecule has 3 rings (SSSR count). The molecule has 1 aromatic carbocycles. The van der Waals surface area contributed by atoms with Crippen LogP contribution in [-0.2, 0) is 16.1 Å². The number of aliphatic carboxylic acids is 1. The van der Waals surface area contributed by atoms with Crippen molar-refractivity contribution in [3.8, 4) is 0 Å². The van der Waals surface area contributed by atoms with Crippen molar-refractivity contribution < 1.29 is 14.6 Å². The molecule has 0 amide bonds.